The molecule has 1 heterocycles. The molecule has 116 valence electrons. The summed E-state index contributed by atoms with van der Waals surface area (Å²) in [7, 11) is 3.19. The molecule has 0 saturated carbocycles. The van der Waals surface area contributed by atoms with Crippen LogP contribution in [-0.4, -0.2) is 31.6 Å². The molecule has 1 saturated heterocycles. The Hall–Kier alpha value is -1.56. The lowest BCUT2D eigenvalue weighted by molar-refractivity contribution is -0.147. The third kappa shape index (κ3) is 3.56. The van der Waals surface area contributed by atoms with E-state index in [1.165, 1.54) is 19.2 Å². The summed E-state index contributed by atoms with van der Waals surface area (Å²) in [6.45, 7) is 0.653. The summed E-state index contributed by atoms with van der Waals surface area (Å²) in [4.78, 5) is 13.6. The van der Waals surface area contributed by atoms with Crippen LogP contribution >= 0.6 is 0 Å². The number of alkyl halides is 3. The van der Waals surface area contributed by atoms with Crippen LogP contribution in [-0.2, 0) is 15.7 Å². The fourth-order valence-corrected chi connectivity index (χ4v) is 2.78. The predicted molar refractivity (Wildman–Crippen MR) is 71.6 cm³/mol. The van der Waals surface area contributed by atoms with Gasteiger partial charge in [0.05, 0.1) is 18.6 Å². The molecule has 0 bridgehead atoms. The van der Waals surface area contributed by atoms with Gasteiger partial charge < -0.3 is 4.74 Å². The Kier molecular flexibility index (Phi) is 4.56. The van der Waals surface area contributed by atoms with Crippen LogP contribution < -0.4 is 0 Å². The molecular formula is C15H18F3NO2. The van der Waals surface area contributed by atoms with Gasteiger partial charge in [0, 0.05) is 6.04 Å². The molecule has 1 aliphatic rings. The van der Waals surface area contributed by atoms with Crippen molar-refractivity contribution in [2.75, 3.05) is 20.7 Å². The van der Waals surface area contributed by atoms with Gasteiger partial charge in [-0.1, -0.05) is 12.1 Å². The minimum Gasteiger partial charge on any atom is -0.469 e. The van der Waals surface area contributed by atoms with E-state index in [-0.39, 0.29) is 17.9 Å². The van der Waals surface area contributed by atoms with E-state index in [0.29, 0.717) is 24.9 Å². The summed E-state index contributed by atoms with van der Waals surface area (Å²) in [5, 5.41) is 0. The van der Waals surface area contributed by atoms with E-state index in [2.05, 4.69) is 0 Å². The van der Waals surface area contributed by atoms with Gasteiger partial charge in [0.25, 0.3) is 0 Å². The van der Waals surface area contributed by atoms with Crippen LogP contribution in [0.1, 0.15) is 30.0 Å². The third-order valence-corrected chi connectivity index (χ3v) is 4.00. The number of esters is 1. The summed E-state index contributed by atoms with van der Waals surface area (Å²) in [5.41, 5.74) is -0.0745. The maximum absolute atomic E-state index is 12.8. The van der Waals surface area contributed by atoms with Gasteiger partial charge in [-0.15, -0.1) is 0 Å². The topological polar surface area (TPSA) is 29.5 Å². The Morgan fingerprint density at radius 3 is 2.71 bits per heavy atom. The molecule has 3 nitrogen and oxygen atoms in total. The van der Waals surface area contributed by atoms with E-state index < -0.39 is 11.7 Å². The molecule has 0 N–H and O–H groups in total. The average molecular weight is 301 g/mol. The smallest absolute Gasteiger partial charge is 0.416 e. The SMILES string of the molecule is COC(=O)C1CCN(C)C(c2cccc(C(F)(F)F)c2)C1. The number of likely N-dealkylation sites (tertiary alicyclic amines) is 1. The summed E-state index contributed by atoms with van der Waals surface area (Å²) < 4.78 is 43.2. The number of methoxy groups -OCH3 is 1. The molecule has 1 aromatic rings. The highest BCUT2D eigenvalue weighted by atomic mass is 19.4. The molecule has 1 fully saturated rings. The Bertz CT molecular complexity index is 516. The van der Waals surface area contributed by atoms with Crippen LogP contribution in [0.3, 0.4) is 0 Å². The first-order valence-corrected chi connectivity index (χ1v) is 6.78. The molecule has 2 rings (SSSR count). The third-order valence-electron chi connectivity index (χ3n) is 4.00. The standard InChI is InChI=1S/C15H18F3NO2/c1-19-7-6-11(14(20)21-2)9-13(19)10-4-3-5-12(8-10)15(16,17)18/h3-5,8,11,13H,6-7,9H2,1-2H3. The number of ether oxygens (including phenoxy) is 1. The number of carbonyl (C=O) groups excluding carboxylic acids is 1. The zero-order chi connectivity index (χ0) is 15.6. The second-order valence-corrected chi connectivity index (χ2v) is 5.36. The van der Waals surface area contributed by atoms with Gasteiger partial charge in [-0.25, -0.2) is 0 Å². The molecule has 6 heteroatoms. The minimum absolute atomic E-state index is 0.204. The minimum atomic E-state index is -4.36. The van der Waals surface area contributed by atoms with Crippen molar-refractivity contribution in [3.63, 3.8) is 0 Å². The summed E-state index contributed by atoms with van der Waals surface area (Å²) in [5.74, 6) is -0.550. The fourth-order valence-electron chi connectivity index (χ4n) is 2.78. The monoisotopic (exact) mass is 301 g/mol. The van der Waals surface area contributed by atoms with Crippen molar-refractivity contribution in [3.05, 3.63) is 35.4 Å². The predicted octanol–water partition coefficient (Wildman–Crippen LogP) is 3.26. The fraction of sp³-hybridized carbons (Fsp3) is 0.533. The van der Waals surface area contributed by atoms with Gasteiger partial charge in [0.15, 0.2) is 0 Å². The van der Waals surface area contributed by atoms with E-state index in [9.17, 15) is 18.0 Å². The summed E-state index contributed by atoms with van der Waals surface area (Å²) in [6, 6.07) is 5.11. The second kappa shape index (κ2) is 6.05. The molecule has 0 aromatic heterocycles. The quantitative estimate of drug-likeness (QED) is 0.785. The van der Waals surface area contributed by atoms with Gasteiger partial charge in [-0.3, -0.25) is 9.69 Å². The number of carbonyl (C=O) groups is 1. The summed E-state index contributed by atoms with van der Waals surface area (Å²) in [6.07, 6.45) is -3.21. The van der Waals surface area contributed by atoms with E-state index in [1.54, 1.807) is 6.07 Å². The van der Waals surface area contributed by atoms with Gasteiger partial charge in [0.1, 0.15) is 0 Å². The van der Waals surface area contributed by atoms with Crippen molar-refractivity contribution in [2.24, 2.45) is 5.92 Å². The summed E-state index contributed by atoms with van der Waals surface area (Å²) >= 11 is 0. The normalized spacial score (nSPS) is 23.9. The molecular weight excluding hydrogens is 283 g/mol. The van der Waals surface area contributed by atoms with Crippen LogP contribution in [0, 0.1) is 5.92 Å². The van der Waals surface area contributed by atoms with Crippen molar-refractivity contribution in [2.45, 2.75) is 25.1 Å². The zero-order valence-electron chi connectivity index (χ0n) is 12.0. The Balaban J connectivity index is 2.25. The Morgan fingerprint density at radius 2 is 2.10 bits per heavy atom. The van der Waals surface area contributed by atoms with Crippen molar-refractivity contribution >= 4 is 5.97 Å². The maximum atomic E-state index is 12.8. The van der Waals surface area contributed by atoms with Crippen molar-refractivity contribution in [1.29, 1.82) is 0 Å². The van der Waals surface area contributed by atoms with Crippen LogP contribution in [0.4, 0.5) is 13.2 Å². The maximum Gasteiger partial charge on any atom is 0.416 e. The first-order valence-electron chi connectivity index (χ1n) is 6.78. The van der Waals surface area contributed by atoms with Crippen LogP contribution in [0.15, 0.2) is 24.3 Å². The highest BCUT2D eigenvalue weighted by Crippen LogP contribution is 2.36. The van der Waals surface area contributed by atoms with Crippen LogP contribution in [0.25, 0.3) is 0 Å². The number of nitrogens with zero attached hydrogens (tertiary/aromatic N) is 1. The molecule has 0 amide bonds. The lowest BCUT2D eigenvalue weighted by Crippen LogP contribution is -2.37. The lowest BCUT2D eigenvalue weighted by Gasteiger charge is -2.36. The van der Waals surface area contributed by atoms with E-state index in [1.807, 2.05) is 11.9 Å². The second-order valence-electron chi connectivity index (χ2n) is 5.36. The number of hydrogen-bond donors (Lipinski definition) is 0. The van der Waals surface area contributed by atoms with Gasteiger partial charge in [0.2, 0.25) is 0 Å². The van der Waals surface area contributed by atoms with Gasteiger partial charge >= 0.3 is 12.1 Å². The molecule has 0 aliphatic carbocycles. The van der Waals surface area contributed by atoms with Crippen LogP contribution in [0.2, 0.25) is 0 Å². The van der Waals surface area contributed by atoms with Gasteiger partial charge in [-0.2, -0.15) is 13.2 Å². The van der Waals surface area contributed by atoms with Crippen molar-refractivity contribution in [1.82, 2.24) is 4.90 Å². The largest absolute Gasteiger partial charge is 0.469 e. The lowest BCUT2D eigenvalue weighted by atomic mass is 9.87. The molecule has 2 unspecified atom stereocenters. The number of piperidine rings is 1. The number of rotatable bonds is 2. The molecule has 2 atom stereocenters. The van der Waals surface area contributed by atoms with Gasteiger partial charge in [-0.05, 0) is 44.1 Å². The number of halogens is 3. The Morgan fingerprint density at radius 1 is 1.38 bits per heavy atom. The zero-order valence-corrected chi connectivity index (χ0v) is 12.0. The highest BCUT2D eigenvalue weighted by molar-refractivity contribution is 5.72. The molecule has 0 spiro atoms. The molecule has 0 radical (unpaired) electrons. The molecule has 21 heavy (non-hydrogen) atoms. The van der Waals surface area contributed by atoms with Crippen LogP contribution in [0.5, 0.6) is 0 Å². The highest BCUT2D eigenvalue weighted by Gasteiger charge is 2.34. The van der Waals surface area contributed by atoms with Crippen molar-refractivity contribution in [3.8, 4) is 0 Å². The first-order chi connectivity index (χ1) is 9.82. The van der Waals surface area contributed by atoms with E-state index >= 15 is 0 Å². The van der Waals surface area contributed by atoms with Crippen molar-refractivity contribution < 1.29 is 22.7 Å². The number of benzene rings is 1. The average Bonchev–Trinajstić information content (AvgIpc) is 2.46. The number of hydrogen-bond acceptors (Lipinski definition) is 3. The first kappa shape index (κ1) is 15.8. The Labute approximate surface area is 121 Å². The van der Waals surface area contributed by atoms with E-state index in [4.69, 9.17) is 4.74 Å². The van der Waals surface area contributed by atoms with E-state index in [0.717, 1.165) is 6.07 Å². The molecule has 1 aliphatic heterocycles. The molecule has 1 aromatic carbocycles.